The van der Waals surface area contributed by atoms with Gasteiger partial charge >= 0.3 is 5.97 Å². The first-order valence-corrected chi connectivity index (χ1v) is 4.52. The Labute approximate surface area is 86.3 Å². The Bertz CT molecular complexity index is 359. The number of nitrogens with zero attached hydrogens (tertiary/aromatic N) is 1. The lowest BCUT2D eigenvalue weighted by molar-refractivity contribution is -0.137. The summed E-state index contributed by atoms with van der Waals surface area (Å²) in [6.07, 6.45) is 1.89. The molecule has 0 radical (unpaired) electrons. The van der Waals surface area contributed by atoms with Crippen LogP contribution in [0.15, 0.2) is 10.7 Å². The SMILES string of the molecule is Cc1cnoc1C(=O)NCCCC(=O)O. The van der Waals surface area contributed by atoms with Gasteiger partial charge in [-0.2, -0.15) is 0 Å². The monoisotopic (exact) mass is 212 g/mol. The van der Waals surface area contributed by atoms with Crippen molar-refractivity contribution >= 4 is 11.9 Å². The molecule has 0 aromatic carbocycles. The van der Waals surface area contributed by atoms with Crippen molar-refractivity contribution in [2.45, 2.75) is 19.8 Å². The lowest BCUT2D eigenvalue weighted by atomic mass is 10.2. The van der Waals surface area contributed by atoms with Gasteiger partial charge in [-0.15, -0.1) is 0 Å². The highest BCUT2D eigenvalue weighted by Crippen LogP contribution is 2.04. The average molecular weight is 212 g/mol. The van der Waals surface area contributed by atoms with Gasteiger partial charge in [-0.25, -0.2) is 0 Å². The zero-order chi connectivity index (χ0) is 11.3. The minimum absolute atomic E-state index is 0.0374. The van der Waals surface area contributed by atoms with Crippen LogP contribution < -0.4 is 5.32 Å². The Balaban J connectivity index is 2.31. The molecule has 0 spiro atoms. The summed E-state index contributed by atoms with van der Waals surface area (Å²) in [5.41, 5.74) is 0.658. The number of nitrogens with one attached hydrogen (secondary N) is 1. The van der Waals surface area contributed by atoms with Crippen LogP contribution in [0.1, 0.15) is 29.0 Å². The van der Waals surface area contributed by atoms with Crippen molar-refractivity contribution in [3.8, 4) is 0 Å². The van der Waals surface area contributed by atoms with Crippen molar-refractivity contribution < 1.29 is 19.2 Å². The lowest BCUT2D eigenvalue weighted by Gasteiger charge is -2.01. The van der Waals surface area contributed by atoms with Crippen molar-refractivity contribution in [1.29, 1.82) is 0 Å². The standard InChI is InChI=1S/C9H12N2O4/c1-6-5-11-15-8(6)9(14)10-4-2-3-7(12)13/h5H,2-4H2,1H3,(H,10,14)(H,12,13). The number of carbonyl (C=O) groups is 2. The molecule has 0 unspecified atom stereocenters. The summed E-state index contributed by atoms with van der Waals surface area (Å²) in [6, 6.07) is 0. The van der Waals surface area contributed by atoms with Gasteiger partial charge in [0.25, 0.3) is 5.91 Å². The zero-order valence-corrected chi connectivity index (χ0v) is 8.32. The van der Waals surface area contributed by atoms with E-state index in [0.717, 1.165) is 0 Å². The van der Waals surface area contributed by atoms with Crippen LogP contribution >= 0.6 is 0 Å². The number of aryl methyl sites for hydroxylation is 1. The Morgan fingerprint density at radius 3 is 2.87 bits per heavy atom. The summed E-state index contributed by atoms with van der Waals surface area (Å²) in [7, 11) is 0. The van der Waals surface area contributed by atoms with E-state index in [0.29, 0.717) is 18.5 Å². The lowest BCUT2D eigenvalue weighted by Crippen LogP contribution is -2.25. The molecule has 0 aliphatic carbocycles. The quantitative estimate of drug-likeness (QED) is 0.696. The van der Waals surface area contributed by atoms with Gasteiger partial charge in [0, 0.05) is 18.5 Å². The smallest absolute Gasteiger partial charge is 0.303 e. The van der Waals surface area contributed by atoms with E-state index in [1.165, 1.54) is 6.20 Å². The molecule has 1 aromatic rings. The zero-order valence-electron chi connectivity index (χ0n) is 8.32. The first-order valence-electron chi connectivity index (χ1n) is 4.52. The van der Waals surface area contributed by atoms with Gasteiger partial charge in [0.15, 0.2) is 0 Å². The molecule has 1 aromatic heterocycles. The van der Waals surface area contributed by atoms with Crippen molar-refractivity contribution in [3.05, 3.63) is 17.5 Å². The maximum Gasteiger partial charge on any atom is 0.303 e. The van der Waals surface area contributed by atoms with E-state index in [-0.39, 0.29) is 18.1 Å². The summed E-state index contributed by atoms with van der Waals surface area (Å²) in [5, 5.41) is 14.4. The molecule has 0 aliphatic rings. The fourth-order valence-electron chi connectivity index (χ4n) is 1.03. The van der Waals surface area contributed by atoms with Crippen LogP contribution in [0.25, 0.3) is 0 Å². The number of amides is 1. The number of carboxylic acid groups (broad SMARTS) is 1. The van der Waals surface area contributed by atoms with E-state index >= 15 is 0 Å². The second kappa shape index (κ2) is 5.14. The van der Waals surface area contributed by atoms with Crippen LogP contribution in [-0.2, 0) is 4.79 Å². The topological polar surface area (TPSA) is 92.4 Å². The molecule has 1 amide bonds. The third kappa shape index (κ3) is 3.41. The molecule has 0 saturated heterocycles. The summed E-state index contributed by atoms with van der Waals surface area (Å²) in [4.78, 5) is 21.6. The van der Waals surface area contributed by atoms with E-state index in [1.807, 2.05) is 0 Å². The molecule has 15 heavy (non-hydrogen) atoms. The molecule has 1 heterocycles. The predicted octanol–water partition coefficient (Wildman–Crippen LogP) is 0.578. The first kappa shape index (κ1) is 11.2. The van der Waals surface area contributed by atoms with E-state index in [9.17, 15) is 9.59 Å². The number of carbonyl (C=O) groups excluding carboxylic acids is 1. The summed E-state index contributed by atoms with van der Waals surface area (Å²) >= 11 is 0. The molecule has 82 valence electrons. The van der Waals surface area contributed by atoms with Gasteiger partial charge in [-0.3, -0.25) is 9.59 Å². The first-order chi connectivity index (χ1) is 7.11. The van der Waals surface area contributed by atoms with Crippen molar-refractivity contribution in [2.75, 3.05) is 6.54 Å². The highest BCUT2D eigenvalue weighted by atomic mass is 16.5. The van der Waals surface area contributed by atoms with E-state index in [4.69, 9.17) is 9.63 Å². The van der Waals surface area contributed by atoms with E-state index in [1.54, 1.807) is 6.92 Å². The van der Waals surface area contributed by atoms with Crippen LogP contribution in [0, 0.1) is 6.92 Å². The molecule has 0 saturated carbocycles. The molecule has 0 fully saturated rings. The minimum atomic E-state index is -0.875. The molecule has 1 rings (SSSR count). The second-order valence-corrected chi connectivity index (χ2v) is 3.09. The molecule has 6 nitrogen and oxygen atoms in total. The maximum atomic E-state index is 11.4. The van der Waals surface area contributed by atoms with Gasteiger partial charge < -0.3 is 14.9 Å². The van der Waals surface area contributed by atoms with Gasteiger partial charge in [0.2, 0.25) is 5.76 Å². The van der Waals surface area contributed by atoms with E-state index < -0.39 is 5.97 Å². The third-order valence-corrected chi connectivity index (χ3v) is 1.81. The molecule has 0 aliphatic heterocycles. The number of hydrogen-bond donors (Lipinski definition) is 2. The van der Waals surface area contributed by atoms with Gasteiger partial charge in [-0.05, 0) is 13.3 Å². The number of aliphatic carboxylic acids is 1. The fraction of sp³-hybridized carbons (Fsp3) is 0.444. The van der Waals surface area contributed by atoms with Crippen molar-refractivity contribution in [1.82, 2.24) is 10.5 Å². The van der Waals surface area contributed by atoms with Crippen LogP contribution in [0.4, 0.5) is 0 Å². The highest BCUT2D eigenvalue weighted by molar-refractivity contribution is 5.92. The number of aromatic nitrogens is 1. The highest BCUT2D eigenvalue weighted by Gasteiger charge is 2.12. The molecule has 0 bridgehead atoms. The predicted molar refractivity (Wildman–Crippen MR) is 50.4 cm³/mol. The van der Waals surface area contributed by atoms with Gasteiger partial charge in [0.1, 0.15) is 0 Å². The maximum absolute atomic E-state index is 11.4. The normalized spacial score (nSPS) is 9.93. The van der Waals surface area contributed by atoms with Gasteiger partial charge in [0.05, 0.1) is 6.20 Å². The molecule has 0 atom stereocenters. The van der Waals surface area contributed by atoms with Crippen molar-refractivity contribution in [2.24, 2.45) is 0 Å². The fourth-order valence-corrected chi connectivity index (χ4v) is 1.03. The Kier molecular flexibility index (Phi) is 3.84. The Hall–Kier alpha value is -1.85. The number of carboxylic acids is 1. The van der Waals surface area contributed by atoms with Crippen LogP contribution in [0.2, 0.25) is 0 Å². The second-order valence-electron chi connectivity index (χ2n) is 3.09. The largest absolute Gasteiger partial charge is 0.481 e. The molecule has 2 N–H and O–H groups in total. The van der Waals surface area contributed by atoms with Gasteiger partial charge in [-0.1, -0.05) is 5.16 Å². The molecule has 6 heteroatoms. The third-order valence-electron chi connectivity index (χ3n) is 1.81. The Morgan fingerprint density at radius 2 is 2.33 bits per heavy atom. The number of hydrogen-bond acceptors (Lipinski definition) is 4. The Morgan fingerprint density at radius 1 is 1.60 bits per heavy atom. The van der Waals surface area contributed by atoms with Crippen LogP contribution in [0.3, 0.4) is 0 Å². The summed E-state index contributed by atoms with van der Waals surface area (Å²) in [5.74, 6) is -1.07. The minimum Gasteiger partial charge on any atom is -0.481 e. The van der Waals surface area contributed by atoms with Crippen LogP contribution in [-0.4, -0.2) is 28.7 Å². The molecular formula is C9H12N2O4. The van der Waals surface area contributed by atoms with Crippen LogP contribution in [0.5, 0.6) is 0 Å². The summed E-state index contributed by atoms with van der Waals surface area (Å²) < 4.78 is 4.73. The van der Waals surface area contributed by atoms with E-state index in [2.05, 4.69) is 10.5 Å². The summed E-state index contributed by atoms with van der Waals surface area (Å²) in [6.45, 7) is 2.02. The number of rotatable bonds is 5. The average Bonchev–Trinajstić information content (AvgIpc) is 2.58. The van der Waals surface area contributed by atoms with Crippen molar-refractivity contribution in [3.63, 3.8) is 0 Å². The molecular weight excluding hydrogens is 200 g/mol.